The van der Waals surface area contributed by atoms with E-state index in [1.807, 2.05) is 0 Å². The van der Waals surface area contributed by atoms with Crippen molar-refractivity contribution >= 4 is 28.0 Å². The first-order valence-corrected chi connectivity index (χ1v) is 17.0. The molecule has 11 heteroatoms. The Hall–Kier alpha value is -0.871. The van der Waals surface area contributed by atoms with Gasteiger partial charge in [0.2, 0.25) is 0 Å². The Morgan fingerprint density at radius 2 is 1.17 bits per heavy atom. The van der Waals surface area contributed by atoms with Crippen LogP contribution in [0.2, 0.25) is 0 Å². The Labute approximate surface area is 262 Å². The van der Waals surface area contributed by atoms with Crippen molar-refractivity contribution in [2.75, 3.05) is 5.09 Å². The second-order valence-electron chi connectivity index (χ2n) is 10.8. The van der Waals surface area contributed by atoms with Crippen LogP contribution in [0.1, 0.15) is 86.6 Å². The maximum absolute atomic E-state index is 13.0. The number of alkyl halides is 3. The molecule has 1 aliphatic rings. The fourth-order valence-electron chi connectivity index (χ4n) is 4.15. The third kappa shape index (κ3) is 13.5. The molecule has 231 valence electrons. The van der Waals surface area contributed by atoms with Crippen LogP contribution < -0.4 is 5.09 Å². The summed E-state index contributed by atoms with van der Waals surface area (Å²) in [5, 5.41) is 8.31. The van der Waals surface area contributed by atoms with Gasteiger partial charge in [-0.2, -0.15) is 13.2 Å². The third-order valence-corrected chi connectivity index (χ3v) is 11.2. The molecule has 3 rings (SSSR count). The molecule has 1 aliphatic carbocycles. The number of anilines is 1. The number of benzene rings is 1. The Morgan fingerprint density at radius 1 is 0.707 bits per heavy atom. The van der Waals surface area contributed by atoms with E-state index in [1.165, 1.54) is 37.8 Å². The number of halogens is 3. The summed E-state index contributed by atoms with van der Waals surface area (Å²) >= 11 is 0. The maximum Gasteiger partial charge on any atom is 0.416 e. The van der Waals surface area contributed by atoms with Crippen molar-refractivity contribution in [3.8, 4) is 11.4 Å². The Balaban J connectivity index is 0.000000801. The number of nitrogens with zero attached hydrogens (tertiary/aromatic N) is 4. The van der Waals surface area contributed by atoms with Gasteiger partial charge in [0.1, 0.15) is 0 Å². The molecule has 0 amide bonds. The molecule has 1 aromatic carbocycles. The molecule has 1 aromatic heterocycles. The van der Waals surface area contributed by atoms with E-state index in [1.54, 1.807) is 0 Å². The molecule has 0 bridgehead atoms. The summed E-state index contributed by atoms with van der Waals surface area (Å²) < 4.78 is 38.9. The summed E-state index contributed by atoms with van der Waals surface area (Å²) in [5.74, 6) is 1.07. The van der Waals surface area contributed by atoms with E-state index < -0.39 is 27.9 Å². The molecule has 0 spiro atoms. The van der Waals surface area contributed by atoms with Gasteiger partial charge in [-0.15, -0.1) is 0 Å². The van der Waals surface area contributed by atoms with Crippen LogP contribution in [0.5, 0.6) is 0 Å². The maximum atomic E-state index is 13.0. The topological polar surface area (TPSA) is 64.8 Å². The molecule has 2 aromatic rings. The molecule has 5 radical (unpaired) electrons. The molecule has 0 saturated heterocycles. The fourth-order valence-corrected chi connectivity index (χ4v) is 8.14. The smallest absolute Gasteiger partial charge is 0.365 e. The van der Waals surface area contributed by atoms with Crippen molar-refractivity contribution in [2.45, 2.75) is 110 Å². The Bertz CT molecular complexity index is 924. The number of rotatable bonds is 9. The van der Waals surface area contributed by atoms with Gasteiger partial charge in [-0.05, 0) is 94.2 Å². The predicted molar refractivity (Wildman–Crippen MR) is 167 cm³/mol. The quantitative estimate of drug-likeness (QED) is 0.257. The average molecular weight is 787 g/mol. The van der Waals surface area contributed by atoms with Gasteiger partial charge in [0.05, 0.1) is 11.4 Å². The van der Waals surface area contributed by atoms with Crippen molar-refractivity contribution in [1.82, 2.24) is 15.0 Å². The average Bonchev–Trinajstić information content (AvgIpc) is 2.84. The van der Waals surface area contributed by atoms with E-state index in [2.05, 4.69) is 101 Å². The minimum atomic E-state index is -4.39. The molecule has 1 saturated carbocycles. The van der Waals surface area contributed by atoms with Gasteiger partial charge in [-0.25, -0.2) is 4.98 Å². The van der Waals surface area contributed by atoms with Crippen LogP contribution in [0.4, 0.5) is 25.1 Å². The molecule has 5 nitrogen and oxygen atoms in total. The molecule has 41 heavy (non-hydrogen) atoms. The first kappa shape index (κ1) is 38.2. The largest absolute Gasteiger partial charge is 0.416 e. The molecule has 0 atom stereocenters. The van der Waals surface area contributed by atoms with Gasteiger partial charge in [-0.3, -0.25) is 0 Å². The molecule has 0 unspecified atom stereocenters. The van der Waals surface area contributed by atoms with Crippen molar-refractivity contribution in [2.24, 2.45) is 0 Å². The van der Waals surface area contributed by atoms with Crippen LogP contribution in [0.25, 0.3) is 16.5 Å². The van der Waals surface area contributed by atoms with Gasteiger partial charge in [0, 0.05) is 31.6 Å². The zero-order chi connectivity index (χ0) is 29.9. The summed E-state index contributed by atoms with van der Waals surface area (Å²) in [6, 6.07) is 4.89. The number of aromatic nitrogens is 3. The first-order valence-electron chi connectivity index (χ1n) is 14.1. The van der Waals surface area contributed by atoms with Crippen LogP contribution >= 0.6 is 16.1 Å². The zero-order valence-electron chi connectivity index (χ0n) is 25.4. The molecule has 1 N–H and O–H groups in total. The number of hydrogen-bond donors (Lipinski definition) is 1. The van der Waals surface area contributed by atoms with Crippen molar-refractivity contribution in [3.63, 3.8) is 0 Å². The molecule has 1 heterocycles. The summed E-state index contributed by atoms with van der Waals surface area (Å²) in [6.45, 7) is 17.1. The minimum Gasteiger partial charge on any atom is -0.365 e. The van der Waals surface area contributed by atoms with Crippen LogP contribution in [0.15, 0.2) is 24.3 Å². The van der Waals surface area contributed by atoms with E-state index in [0.717, 1.165) is 12.1 Å². The molecular formula is C30H45F3IrN5P2-. The van der Waals surface area contributed by atoms with E-state index in [-0.39, 0.29) is 20.1 Å². The van der Waals surface area contributed by atoms with E-state index >= 15 is 0 Å². The monoisotopic (exact) mass is 787 g/mol. The normalized spacial score (nSPS) is 14.6. The number of nitrogens with one attached hydrogen (secondary N) is 1. The number of hydrogen-bond acceptors (Lipinski definition) is 4. The van der Waals surface area contributed by atoms with E-state index in [0.29, 0.717) is 45.9 Å². The van der Waals surface area contributed by atoms with Crippen LogP contribution in [-0.2, 0) is 26.3 Å². The zero-order valence-corrected chi connectivity index (χ0v) is 29.6. The van der Waals surface area contributed by atoms with Crippen molar-refractivity contribution in [3.05, 3.63) is 60.6 Å². The summed E-state index contributed by atoms with van der Waals surface area (Å²) in [5.41, 5.74) is 1.31. The summed E-state index contributed by atoms with van der Waals surface area (Å²) in [7, 11) is -1.32. The van der Waals surface area contributed by atoms with Gasteiger partial charge in [-0.1, -0.05) is 75.6 Å². The van der Waals surface area contributed by atoms with Crippen LogP contribution in [0.3, 0.4) is 0 Å². The second-order valence-corrected chi connectivity index (χ2v) is 17.0. The SMILES string of the molecule is CC(C)P([N-]c1nc(NP(C(C)C)C(C)C)nc(-c2ccc(C(F)(F)F)cc2)n1)C(C)C.[CH]1[CH]CC[CH][CH]CC1.[Ir]. The second kappa shape index (κ2) is 18.7. The Morgan fingerprint density at radius 3 is 1.56 bits per heavy atom. The van der Waals surface area contributed by atoms with E-state index in [9.17, 15) is 13.2 Å². The molecular weight excluding hydrogens is 742 g/mol. The van der Waals surface area contributed by atoms with Crippen LogP contribution in [-0.4, -0.2) is 37.6 Å². The van der Waals surface area contributed by atoms with Gasteiger partial charge >= 0.3 is 6.18 Å². The summed E-state index contributed by atoms with van der Waals surface area (Å²) in [4.78, 5) is 13.6. The van der Waals surface area contributed by atoms with Crippen molar-refractivity contribution < 1.29 is 33.3 Å². The van der Waals surface area contributed by atoms with Crippen molar-refractivity contribution in [1.29, 1.82) is 0 Å². The Kier molecular flexibility index (Phi) is 17.4. The first-order chi connectivity index (χ1) is 18.8. The minimum absolute atomic E-state index is 0. The molecule has 1 fully saturated rings. The third-order valence-electron chi connectivity index (χ3n) is 6.03. The van der Waals surface area contributed by atoms with Gasteiger partial charge in [0.25, 0.3) is 0 Å². The molecule has 0 aliphatic heterocycles. The van der Waals surface area contributed by atoms with Gasteiger partial charge in [0.15, 0.2) is 5.95 Å². The van der Waals surface area contributed by atoms with E-state index in [4.69, 9.17) is 5.09 Å². The van der Waals surface area contributed by atoms with Gasteiger partial charge < -0.3 is 20.1 Å². The predicted octanol–water partition coefficient (Wildman–Crippen LogP) is 10.8. The van der Waals surface area contributed by atoms with Crippen LogP contribution in [0, 0.1) is 25.7 Å². The standard InChI is InChI=1S/C22H33F3N5P2.C8H12.Ir/c1-13(2)31(14(3)4)29-20-26-19(17-9-11-18(12-10-17)22(23,24)25)27-21(28-20)30-32(15(5)6)16(7)8;1-2-4-6-8-7-5-3-1;/h9-16H,1-8H3,(H-,26,27,28,29,30);1-2,7-8H,3-6H2;/q-1;;. The summed E-state index contributed by atoms with van der Waals surface area (Å²) in [6.07, 6.45) is 9.61. The fraction of sp³-hybridized carbons (Fsp3) is 0.567.